The topological polar surface area (TPSA) is 73.6 Å². The summed E-state index contributed by atoms with van der Waals surface area (Å²) >= 11 is 0. The number of hydrogen-bond acceptors (Lipinski definition) is 2. The molecule has 0 aliphatic heterocycles. The van der Waals surface area contributed by atoms with Crippen LogP contribution in [0.15, 0.2) is 97.5 Å². The third-order valence-corrected chi connectivity index (χ3v) is 6.79. The van der Waals surface area contributed by atoms with E-state index in [-0.39, 0.29) is 11.9 Å². The minimum atomic E-state index is -0.225. The van der Waals surface area contributed by atoms with Crippen molar-refractivity contribution in [1.82, 2.24) is 20.3 Å². The zero-order valence-corrected chi connectivity index (χ0v) is 18.2. The number of hydrogen-bond donors (Lipinski definition) is 3. The van der Waals surface area contributed by atoms with Crippen LogP contribution in [-0.4, -0.2) is 20.9 Å². The first-order valence-corrected chi connectivity index (χ1v) is 11.3. The van der Waals surface area contributed by atoms with Crippen LogP contribution >= 0.6 is 0 Å². The fourth-order valence-corrected chi connectivity index (χ4v) is 5.24. The number of amides is 1. The second kappa shape index (κ2) is 7.18. The summed E-state index contributed by atoms with van der Waals surface area (Å²) in [7, 11) is 0. The molecule has 0 radical (unpaired) electrons. The zero-order valence-electron chi connectivity index (χ0n) is 18.2. The lowest BCUT2D eigenvalue weighted by molar-refractivity contribution is 0.0945. The molecule has 5 nitrogen and oxygen atoms in total. The maximum atomic E-state index is 13.4. The molecule has 0 bridgehead atoms. The fourth-order valence-electron chi connectivity index (χ4n) is 5.24. The highest BCUT2D eigenvalue weighted by Crippen LogP contribution is 2.48. The molecule has 6 aromatic rings. The number of rotatable bonds is 3. The first kappa shape index (κ1) is 18.9. The van der Waals surface area contributed by atoms with Gasteiger partial charge in [-0.05, 0) is 69.1 Å². The van der Waals surface area contributed by atoms with E-state index in [1.165, 1.54) is 16.5 Å². The number of fused-ring (bicyclic) bond motifs is 5. The van der Waals surface area contributed by atoms with E-state index in [9.17, 15) is 4.79 Å². The highest BCUT2D eigenvalue weighted by atomic mass is 16.1. The monoisotopic (exact) mass is 440 g/mol. The van der Waals surface area contributed by atoms with Crippen molar-refractivity contribution < 1.29 is 4.79 Å². The van der Waals surface area contributed by atoms with Gasteiger partial charge in [0.2, 0.25) is 0 Å². The van der Waals surface area contributed by atoms with Crippen LogP contribution in [0.3, 0.4) is 0 Å². The minimum Gasteiger partial charge on any atom is -0.361 e. The summed E-state index contributed by atoms with van der Waals surface area (Å²) < 4.78 is 0. The summed E-state index contributed by atoms with van der Waals surface area (Å²) in [5, 5.41) is 5.31. The number of carbonyl (C=O) groups is 1. The second-order valence-corrected chi connectivity index (χ2v) is 8.64. The summed E-state index contributed by atoms with van der Waals surface area (Å²) in [5.41, 5.74) is 9.34. The van der Waals surface area contributed by atoms with Crippen molar-refractivity contribution in [3.63, 3.8) is 0 Å². The van der Waals surface area contributed by atoms with Gasteiger partial charge in [0.05, 0.1) is 11.6 Å². The lowest BCUT2D eigenvalue weighted by atomic mass is 9.93. The molecule has 0 saturated carbocycles. The molecule has 34 heavy (non-hydrogen) atoms. The summed E-state index contributed by atoms with van der Waals surface area (Å²) in [4.78, 5) is 24.1. The van der Waals surface area contributed by atoms with E-state index in [2.05, 4.69) is 80.9 Å². The first-order chi connectivity index (χ1) is 16.8. The Bertz CT molecular complexity index is 1730. The van der Waals surface area contributed by atoms with Gasteiger partial charge in [0, 0.05) is 29.5 Å². The SMILES string of the molecule is O=C(NC1c2ccccc2-c2c(-c3ccc4[nH]ccc4c3)cccc21)c1ccnc2[nH]ccc12. The Kier molecular flexibility index (Phi) is 3.99. The normalized spacial score (nSPS) is 14.3. The highest BCUT2D eigenvalue weighted by molar-refractivity contribution is 6.06. The van der Waals surface area contributed by atoms with Gasteiger partial charge in [-0.1, -0.05) is 48.5 Å². The maximum Gasteiger partial charge on any atom is 0.252 e. The molecule has 0 fully saturated rings. The molecule has 3 N–H and O–H groups in total. The lowest BCUT2D eigenvalue weighted by Gasteiger charge is -2.17. The van der Waals surface area contributed by atoms with Gasteiger partial charge in [-0.25, -0.2) is 4.98 Å². The number of pyridine rings is 1. The predicted octanol–water partition coefficient (Wildman–Crippen LogP) is 6.21. The van der Waals surface area contributed by atoms with E-state index in [4.69, 9.17) is 0 Å². The Morgan fingerprint density at radius 1 is 0.824 bits per heavy atom. The van der Waals surface area contributed by atoms with Crippen molar-refractivity contribution >= 4 is 27.8 Å². The van der Waals surface area contributed by atoms with Crippen molar-refractivity contribution in [2.24, 2.45) is 0 Å². The van der Waals surface area contributed by atoms with Crippen molar-refractivity contribution in [1.29, 1.82) is 0 Å². The van der Waals surface area contributed by atoms with Crippen LogP contribution in [0.5, 0.6) is 0 Å². The van der Waals surface area contributed by atoms with Gasteiger partial charge in [-0.15, -0.1) is 0 Å². The molecule has 3 heterocycles. The van der Waals surface area contributed by atoms with Crippen LogP contribution in [0.1, 0.15) is 27.5 Å². The third-order valence-electron chi connectivity index (χ3n) is 6.79. The van der Waals surface area contributed by atoms with Gasteiger partial charge < -0.3 is 15.3 Å². The summed E-state index contributed by atoms with van der Waals surface area (Å²) in [5.74, 6) is -0.112. The van der Waals surface area contributed by atoms with Gasteiger partial charge in [0.1, 0.15) is 5.65 Å². The van der Waals surface area contributed by atoms with Crippen LogP contribution in [0, 0.1) is 0 Å². The van der Waals surface area contributed by atoms with Gasteiger partial charge in [-0.2, -0.15) is 0 Å². The summed E-state index contributed by atoms with van der Waals surface area (Å²) in [6.07, 6.45) is 5.44. The minimum absolute atomic E-state index is 0.112. The van der Waals surface area contributed by atoms with E-state index in [1.807, 2.05) is 24.5 Å². The van der Waals surface area contributed by atoms with Crippen LogP contribution in [0.2, 0.25) is 0 Å². The largest absolute Gasteiger partial charge is 0.361 e. The van der Waals surface area contributed by atoms with Crippen molar-refractivity contribution in [2.45, 2.75) is 6.04 Å². The van der Waals surface area contributed by atoms with Gasteiger partial charge in [0.15, 0.2) is 0 Å². The highest BCUT2D eigenvalue weighted by Gasteiger charge is 2.32. The van der Waals surface area contributed by atoms with Crippen molar-refractivity contribution in [2.75, 3.05) is 0 Å². The molecule has 1 unspecified atom stereocenters. The molecule has 1 atom stereocenters. The number of aromatic nitrogens is 3. The maximum absolute atomic E-state index is 13.4. The van der Waals surface area contributed by atoms with Gasteiger partial charge >= 0.3 is 0 Å². The molecule has 0 saturated heterocycles. The fraction of sp³-hybridized carbons (Fsp3) is 0.0345. The standard InChI is InChI=1S/C29H20N4O/c34-29(23-12-15-32-28-22(23)11-14-31-28)33-27-21-5-2-1-4-20(21)26-19(6-3-7-24(26)27)17-8-9-25-18(16-17)10-13-30-25/h1-16,27,30H,(H,31,32)(H,33,34). The molecular formula is C29H20N4O. The molecule has 1 aliphatic carbocycles. The molecule has 7 rings (SSSR count). The van der Waals surface area contributed by atoms with E-state index >= 15 is 0 Å². The van der Waals surface area contributed by atoms with E-state index in [0.29, 0.717) is 11.2 Å². The Morgan fingerprint density at radius 3 is 2.65 bits per heavy atom. The Balaban J connectivity index is 1.36. The van der Waals surface area contributed by atoms with Gasteiger partial charge in [-0.3, -0.25) is 4.79 Å². The van der Waals surface area contributed by atoms with E-state index in [1.54, 1.807) is 12.3 Å². The zero-order chi connectivity index (χ0) is 22.6. The van der Waals surface area contributed by atoms with E-state index in [0.717, 1.165) is 33.2 Å². The molecule has 3 aromatic carbocycles. The Labute approximate surface area is 195 Å². The average molecular weight is 441 g/mol. The molecular weight excluding hydrogens is 420 g/mol. The third kappa shape index (κ3) is 2.74. The molecule has 0 spiro atoms. The van der Waals surface area contributed by atoms with Crippen LogP contribution in [0.4, 0.5) is 0 Å². The van der Waals surface area contributed by atoms with Crippen LogP contribution in [0.25, 0.3) is 44.2 Å². The molecule has 1 amide bonds. The summed E-state index contributed by atoms with van der Waals surface area (Å²) in [6.45, 7) is 0. The molecule has 162 valence electrons. The summed E-state index contributed by atoms with van der Waals surface area (Å²) in [6, 6.07) is 26.7. The number of carbonyl (C=O) groups excluding carboxylic acids is 1. The molecule has 3 aromatic heterocycles. The predicted molar refractivity (Wildman–Crippen MR) is 135 cm³/mol. The number of nitrogens with zero attached hydrogens (tertiary/aromatic N) is 1. The number of benzene rings is 3. The van der Waals surface area contributed by atoms with Crippen LogP contribution < -0.4 is 5.32 Å². The number of nitrogens with one attached hydrogen (secondary N) is 3. The van der Waals surface area contributed by atoms with Gasteiger partial charge in [0.25, 0.3) is 5.91 Å². The average Bonchev–Trinajstić information content (AvgIpc) is 3.61. The molecule has 5 heteroatoms. The smallest absolute Gasteiger partial charge is 0.252 e. The number of aromatic amines is 2. The van der Waals surface area contributed by atoms with Crippen molar-refractivity contribution in [3.8, 4) is 22.3 Å². The Hall–Kier alpha value is -4.64. The molecule has 1 aliphatic rings. The Morgan fingerprint density at radius 2 is 1.68 bits per heavy atom. The first-order valence-electron chi connectivity index (χ1n) is 11.3. The van der Waals surface area contributed by atoms with Crippen LogP contribution in [-0.2, 0) is 0 Å². The number of H-pyrrole nitrogens is 2. The lowest BCUT2D eigenvalue weighted by Crippen LogP contribution is -2.28. The second-order valence-electron chi connectivity index (χ2n) is 8.64. The van der Waals surface area contributed by atoms with E-state index < -0.39 is 0 Å². The van der Waals surface area contributed by atoms with Crippen molar-refractivity contribution in [3.05, 3.63) is 114 Å². The quantitative estimate of drug-likeness (QED) is 0.306.